The zero-order valence-electron chi connectivity index (χ0n) is 12.6. The smallest absolute Gasteiger partial charge is 0.111 e. The highest BCUT2D eigenvalue weighted by atomic mass is 32.2. The largest absolute Gasteiger partial charge is 0.328 e. The summed E-state index contributed by atoms with van der Waals surface area (Å²) in [7, 11) is 0. The maximum atomic E-state index is 5.82. The number of fused-ring (bicyclic) bond motifs is 1. The van der Waals surface area contributed by atoms with Gasteiger partial charge in [0.1, 0.15) is 5.82 Å². The zero-order valence-corrected chi connectivity index (χ0v) is 13.4. The number of benzene rings is 1. The van der Waals surface area contributed by atoms with Crippen molar-refractivity contribution in [3.63, 3.8) is 0 Å². The van der Waals surface area contributed by atoms with E-state index >= 15 is 0 Å². The van der Waals surface area contributed by atoms with Gasteiger partial charge in [-0.05, 0) is 42.4 Å². The molecule has 3 rings (SSSR count). The quantitative estimate of drug-likeness (QED) is 0.636. The highest BCUT2D eigenvalue weighted by molar-refractivity contribution is 7.99. The molecule has 2 heterocycles. The Hall–Kier alpha value is -1.04. The summed E-state index contributed by atoms with van der Waals surface area (Å²) in [6.45, 7) is 3.23. The van der Waals surface area contributed by atoms with Crippen molar-refractivity contribution in [2.45, 2.75) is 38.8 Å². The first-order chi connectivity index (χ1) is 10.3. The number of nitrogens with one attached hydrogen (secondary N) is 1. The van der Waals surface area contributed by atoms with E-state index in [0.29, 0.717) is 12.0 Å². The Labute approximate surface area is 130 Å². The minimum atomic E-state index is 0.326. The van der Waals surface area contributed by atoms with Crippen LogP contribution in [0.5, 0.6) is 0 Å². The summed E-state index contributed by atoms with van der Waals surface area (Å²) in [5.74, 6) is 10.1. The lowest BCUT2D eigenvalue weighted by atomic mass is 9.96. The van der Waals surface area contributed by atoms with E-state index < -0.39 is 0 Å². The predicted octanol–water partition coefficient (Wildman–Crippen LogP) is 2.57. The van der Waals surface area contributed by atoms with Crippen LogP contribution in [0, 0.1) is 5.92 Å². The lowest BCUT2D eigenvalue weighted by Gasteiger charge is -2.22. The van der Waals surface area contributed by atoms with E-state index in [-0.39, 0.29) is 0 Å². The Balaban J connectivity index is 1.89. The van der Waals surface area contributed by atoms with Crippen LogP contribution >= 0.6 is 11.8 Å². The molecule has 3 N–H and O–H groups in total. The summed E-state index contributed by atoms with van der Waals surface area (Å²) in [5.41, 5.74) is 5.38. The van der Waals surface area contributed by atoms with E-state index in [4.69, 9.17) is 10.8 Å². The van der Waals surface area contributed by atoms with Crippen molar-refractivity contribution in [1.29, 1.82) is 0 Å². The molecule has 0 spiro atoms. The Bertz CT molecular complexity index is 589. The van der Waals surface area contributed by atoms with Crippen LogP contribution in [0.15, 0.2) is 24.3 Å². The van der Waals surface area contributed by atoms with Crippen LogP contribution in [0.25, 0.3) is 11.0 Å². The number of para-hydroxylation sites is 2. The fraction of sp³-hybridized carbons (Fsp3) is 0.562. The highest BCUT2D eigenvalue weighted by Gasteiger charge is 2.26. The molecule has 1 fully saturated rings. The number of thioether (sulfide) groups is 1. The molecular weight excluding hydrogens is 280 g/mol. The molecule has 2 aromatic rings. The van der Waals surface area contributed by atoms with E-state index in [9.17, 15) is 0 Å². The summed E-state index contributed by atoms with van der Waals surface area (Å²) in [6, 6.07) is 8.74. The third-order valence-electron chi connectivity index (χ3n) is 4.33. The average Bonchev–Trinajstić information content (AvgIpc) is 3.14. The zero-order chi connectivity index (χ0) is 14.7. The molecule has 1 aromatic carbocycles. The third-order valence-corrected chi connectivity index (χ3v) is 5.52. The Morgan fingerprint density at radius 2 is 2.33 bits per heavy atom. The van der Waals surface area contributed by atoms with Gasteiger partial charge in [0.2, 0.25) is 0 Å². The molecule has 5 heteroatoms. The summed E-state index contributed by atoms with van der Waals surface area (Å²) in [5, 5.41) is 0. The molecule has 1 saturated heterocycles. The highest BCUT2D eigenvalue weighted by Crippen LogP contribution is 2.28. The summed E-state index contributed by atoms with van der Waals surface area (Å²) < 4.78 is 2.36. The van der Waals surface area contributed by atoms with Crippen LogP contribution in [0.2, 0.25) is 0 Å². The topological polar surface area (TPSA) is 55.9 Å². The van der Waals surface area contributed by atoms with Gasteiger partial charge in [0.25, 0.3) is 0 Å². The van der Waals surface area contributed by atoms with E-state index in [1.165, 1.54) is 23.4 Å². The van der Waals surface area contributed by atoms with Crippen molar-refractivity contribution in [3.8, 4) is 0 Å². The number of hydrogen-bond donors (Lipinski definition) is 2. The molecule has 1 aliphatic rings. The van der Waals surface area contributed by atoms with Gasteiger partial charge in [-0.3, -0.25) is 11.3 Å². The Morgan fingerprint density at radius 3 is 3.05 bits per heavy atom. The SMILES string of the molecule is CCCn1c(CC(NN)C2CCSC2)nc2ccccc21. The molecule has 0 radical (unpaired) electrons. The number of rotatable bonds is 6. The molecule has 0 amide bonds. The van der Waals surface area contributed by atoms with Crippen molar-refractivity contribution < 1.29 is 0 Å². The number of aryl methyl sites for hydroxylation is 1. The van der Waals surface area contributed by atoms with Gasteiger partial charge in [0.15, 0.2) is 0 Å². The van der Waals surface area contributed by atoms with Gasteiger partial charge in [-0.2, -0.15) is 11.8 Å². The van der Waals surface area contributed by atoms with Gasteiger partial charge in [-0.15, -0.1) is 0 Å². The summed E-state index contributed by atoms with van der Waals surface area (Å²) in [6.07, 6.45) is 3.29. The van der Waals surface area contributed by atoms with E-state index in [1.54, 1.807) is 0 Å². The van der Waals surface area contributed by atoms with E-state index in [2.05, 4.69) is 41.2 Å². The first kappa shape index (κ1) is 14.9. The molecule has 4 nitrogen and oxygen atoms in total. The van der Waals surface area contributed by atoms with Crippen LogP contribution in [0.1, 0.15) is 25.6 Å². The summed E-state index contributed by atoms with van der Waals surface area (Å²) in [4.78, 5) is 4.85. The molecule has 21 heavy (non-hydrogen) atoms. The maximum absolute atomic E-state index is 5.82. The van der Waals surface area contributed by atoms with Crippen LogP contribution < -0.4 is 11.3 Å². The van der Waals surface area contributed by atoms with Gasteiger partial charge in [0, 0.05) is 19.0 Å². The van der Waals surface area contributed by atoms with Crippen LogP contribution in [0.4, 0.5) is 0 Å². The maximum Gasteiger partial charge on any atom is 0.111 e. The Kier molecular flexibility index (Phi) is 4.83. The number of hydrazine groups is 1. The number of nitrogens with zero attached hydrogens (tertiary/aromatic N) is 2. The number of hydrogen-bond acceptors (Lipinski definition) is 4. The molecule has 0 saturated carbocycles. The molecule has 114 valence electrons. The molecule has 1 aromatic heterocycles. The standard InChI is InChI=1S/C16H24N4S/c1-2-8-20-15-6-4-3-5-13(15)18-16(20)10-14(19-17)12-7-9-21-11-12/h3-6,12,14,19H,2,7-11,17H2,1H3. The van der Waals surface area contributed by atoms with Crippen LogP contribution in [-0.4, -0.2) is 27.1 Å². The molecule has 0 bridgehead atoms. The fourth-order valence-corrected chi connectivity index (χ4v) is 4.52. The second kappa shape index (κ2) is 6.81. The van der Waals surface area contributed by atoms with E-state index in [1.807, 2.05) is 11.8 Å². The lowest BCUT2D eigenvalue weighted by Crippen LogP contribution is -2.43. The molecule has 0 aliphatic carbocycles. The number of imidazole rings is 1. The van der Waals surface area contributed by atoms with Gasteiger partial charge in [0.05, 0.1) is 11.0 Å². The van der Waals surface area contributed by atoms with Crippen molar-refractivity contribution in [3.05, 3.63) is 30.1 Å². The van der Waals surface area contributed by atoms with Crippen molar-refractivity contribution in [2.24, 2.45) is 11.8 Å². The second-order valence-electron chi connectivity index (χ2n) is 5.77. The number of nitrogens with two attached hydrogens (primary N) is 1. The second-order valence-corrected chi connectivity index (χ2v) is 6.92. The van der Waals surface area contributed by atoms with Crippen molar-refractivity contribution in [1.82, 2.24) is 15.0 Å². The Morgan fingerprint density at radius 1 is 1.48 bits per heavy atom. The first-order valence-corrected chi connectivity index (χ1v) is 8.97. The fourth-order valence-electron chi connectivity index (χ4n) is 3.18. The average molecular weight is 304 g/mol. The first-order valence-electron chi connectivity index (χ1n) is 7.81. The molecule has 1 aliphatic heterocycles. The van der Waals surface area contributed by atoms with Crippen molar-refractivity contribution in [2.75, 3.05) is 11.5 Å². The predicted molar refractivity (Wildman–Crippen MR) is 90.3 cm³/mol. The molecular formula is C16H24N4S. The molecule has 2 unspecified atom stereocenters. The van der Waals surface area contributed by atoms with Gasteiger partial charge in [-0.25, -0.2) is 4.98 Å². The van der Waals surface area contributed by atoms with Gasteiger partial charge < -0.3 is 4.57 Å². The third kappa shape index (κ3) is 3.10. The minimum absolute atomic E-state index is 0.326. The normalized spacial score (nSPS) is 20.2. The van der Waals surface area contributed by atoms with Crippen molar-refractivity contribution >= 4 is 22.8 Å². The van der Waals surface area contributed by atoms with Gasteiger partial charge >= 0.3 is 0 Å². The van der Waals surface area contributed by atoms with Crippen LogP contribution in [0.3, 0.4) is 0 Å². The van der Waals surface area contributed by atoms with Gasteiger partial charge in [-0.1, -0.05) is 19.1 Å². The number of aromatic nitrogens is 2. The summed E-state index contributed by atoms with van der Waals surface area (Å²) >= 11 is 2.03. The molecule has 2 atom stereocenters. The minimum Gasteiger partial charge on any atom is -0.328 e. The van der Waals surface area contributed by atoms with E-state index in [0.717, 1.165) is 30.7 Å². The van der Waals surface area contributed by atoms with Crippen LogP contribution in [-0.2, 0) is 13.0 Å². The monoisotopic (exact) mass is 304 g/mol. The lowest BCUT2D eigenvalue weighted by molar-refractivity contribution is 0.376.